The molecule has 3 aromatic rings. The lowest BCUT2D eigenvalue weighted by molar-refractivity contribution is -0.143. The standard InChI is InChI=1S/C26H30F3N7O2/c1-16-2-3-19(32-25(37)36-5-4-17(15-36)13-26(27,28)29)12-20(16)18-10-21(22-14-31-24(30)34-22)33-23(11-18)35-6-8-38-9-7-35/h2-3,10-12,14,17H,4-9,13,15H2,1H3,(H,32,37)(H3,30,31,34)/t17-/m0/s1. The zero-order valence-electron chi connectivity index (χ0n) is 21.0. The number of aryl methyl sites for hydroxylation is 1. The summed E-state index contributed by atoms with van der Waals surface area (Å²) in [5.74, 6) is 0.510. The molecular weight excluding hydrogens is 499 g/mol. The van der Waals surface area contributed by atoms with E-state index in [4.69, 9.17) is 15.5 Å². The number of nitrogens with two attached hydrogens (primary N) is 1. The van der Waals surface area contributed by atoms with Crippen molar-refractivity contribution in [3.63, 3.8) is 0 Å². The zero-order chi connectivity index (χ0) is 26.9. The summed E-state index contributed by atoms with van der Waals surface area (Å²) < 4.78 is 43.8. The summed E-state index contributed by atoms with van der Waals surface area (Å²) in [6, 6.07) is 9.12. The van der Waals surface area contributed by atoms with E-state index in [0.717, 1.165) is 22.5 Å². The van der Waals surface area contributed by atoms with E-state index in [-0.39, 0.29) is 6.54 Å². The number of imidazole rings is 1. The number of pyridine rings is 1. The van der Waals surface area contributed by atoms with Crippen molar-refractivity contribution in [1.29, 1.82) is 0 Å². The van der Waals surface area contributed by atoms with Gasteiger partial charge >= 0.3 is 12.2 Å². The van der Waals surface area contributed by atoms with E-state index in [2.05, 4.69) is 20.2 Å². The third-order valence-electron chi connectivity index (χ3n) is 6.91. The molecule has 0 saturated carbocycles. The average Bonchev–Trinajstić information content (AvgIpc) is 3.53. The van der Waals surface area contributed by atoms with Crippen molar-refractivity contribution < 1.29 is 22.7 Å². The van der Waals surface area contributed by atoms with Crippen molar-refractivity contribution in [2.45, 2.75) is 25.9 Å². The molecule has 2 aliphatic heterocycles. The van der Waals surface area contributed by atoms with Crippen molar-refractivity contribution in [3.05, 3.63) is 42.1 Å². The molecule has 12 heteroatoms. The summed E-state index contributed by atoms with van der Waals surface area (Å²) in [6.07, 6.45) is -3.12. The normalized spacial score (nSPS) is 18.2. The van der Waals surface area contributed by atoms with Gasteiger partial charge in [-0.15, -0.1) is 0 Å². The smallest absolute Gasteiger partial charge is 0.378 e. The van der Waals surface area contributed by atoms with Gasteiger partial charge in [0, 0.05) is 38.3 Å². The Morgan fingerprint density at radius 3 is 2.71 bits per heavy atom. The Balaban J connectivity index is 1.41. The number of aromatic nitrogens is 3. The molecule has 38 heavy (non-hydrogen) atoms. The fourth-order valence-corrected chi connectivity index (χ4v) is 4.96. The molecule has 4 N–H and O–H groups in total. The molecule has 1 aromatic carbocycles. The third-order valence-corrected chi connectivity index (χ3v) is 6.91. The van der Waals surface area contributed by atoms with Crippen LogP contribution in [0, 0.1) is 12.8 Å². The van der Waals surface area contributed by atoms with Crippen LogP contribution in [0.25, 0.3) is 22.5 Å². The summed E-state index contributed by atoms with van der Waals surface area (Å²) in [5.41, 5.74) is 10.5. The van der Waals surface area contributed by atoms with Crippen molar-refractivity contribution in [2.24, 2.45) is 5.92 Å². The van der Waals surface area contributed by atoms with Gasteiger partial charge in [-0.25, -0.2) is 14.8 Å². The maximum atomic E-state index is 12.8. The number of nitrogens with one attached hydrogen (secondary N) is 2. The second kappa shape index (κ2) is 10.5. The van der Waals surface area contributed by atoms with Crippen LogP contribution >= 0.6 is 0 Å². The van der Waals surface area contributed by atoms with Crippen LogP contribution in [0.3, 0.4) is 0 Å². The van der Waals surface area contributed by atoms with E-state index < -0.39 is 24.5 Å². The Morgan fingerprint density at radius 1 is 1.21 bits per heavy atom. The highest BCUT2D eigenvalue weighted by atomic mass is 19.4. The molecule has 2 amide bonds. The molecular formula is C26H30F3N7O2. The largest absolute Gasteiger partial charge is 0.389 e. The number of anilines is 3. The summed E-state index contributed by atoms with van der Waals surface area (Å²) in [7, 11) is 0. The van der Waals surface area contributed by atoms with Gasteiger partial charge in [-0.05, 0) is 60.2 Å². The number of nitrogens with zero attached hydrogens (tertiary/aromatic N) is 4. The van der Waals surface area contributed by atoms with Gasteiger partial charge in [0.2, 0.25) is 0 Å². The molecule has 2 fully saturated rings. The highest BCUT2D eigenvalue weighted by Gasteiger charge is 2.36. The van der Waals surface area contributed by atoms with Gasteiger partial charge in [0.1, 0.15) is 5.82 Å². The van der Waals surface area contributed by atoms with Crippen LogP contribution in [0.1, 0.15) is 18.4 Å². The van der Waals surface area contributed by atoms with E-state index in [1.165, 1.54) is 4.90 Å². The number of rotatable bonds is 5. The van der Waals surface area contributed by atoms with Gasteiger partial charge in [0.25, 0.3) is 0 Å². The number of amides is 2. The number of H-pyrrole nitrogens is 1. The highest BCUT2D eigenvalue weighted by Crippen LogP contribution is 2.34. The molecule has 1 atom stereocenters. The van der Waals surface area contributed by atoms with Gasteiger partial charge in [0.05, 0.1) is 30.8 Å². The summed E-state index contributed by atoms with van der Waals surface area (Å²) in [6.45, 7) is 5.01. The Labute approximate surface area is 218 Å². The number of ether oxygens (including phenoxy) is 1. The Kier molecular flexibility index (Phi) is 7.15. The Hall–Kier alpha value is -3.80. The molecule has 2 saturated heterocycles. The number of morpholine rings is 1. The highest BCUT2D eigenvalue weighted by molar-refractivity contribution is 5.91. The summed E-state index contributed by atoms with van der Waals surface area (Å²) >= 11 is 0. The van der Waals surface area contributed by atoms with Crippen LogP contribution in [0.15, 0.2) is 36.5 Å². The number of hydrogen-bond acceptors (Lipinski definition) is 6. The molecule has 0 unspecified atom stereocenters. The fourth-order valence-electron chi connectivity index (χ4n) is 4.96. The molecule has 5 rings (SSSR count). The number of urea groups is 1. The van der Waals surface area contributed by atoms with Gasteiger partial charge < -0.3 is 30.6 Å². The number of halogens is 3. The second-order valence-electron chi connectivity index (χ2n) is 9.76. The Bertz CT molecular complexity index is 1300. The van der Waals surface area contributed by atoms with E-state index in [1.807, 2.05) is 31.2 Å². The minimum Gasteiger partial charge on any atom is -0.378 e. The predicted molar refractivity (Wildman–Crippen MR) is 139 cm³/mol. The van der Waals surface area contributed by atoms with Gasteiger partial charge in [0.15, 0.2) is 5.95 Å². The number of aromatic amines is 1. The van der Waals surface area contributed by atoms with Crippen molar-refractivity contribution >= 4 is 23.5 Å². The van der Waals surface area contributed by atoms with Crippen LogP contribution in [0.4, 0.5) is 35.4 Å². The number of alkyl halides is 3. The number of likely N-dealkylation sites (tertiary alicyclic amines) is 1. The average molecular weight is 530 g/mol. The van der Waals surface area contributed by atoms with E-state index >= 15 is 0 Å². The minimum atomic E-state index is -4.23. The van der Waals surface area contributed by atoms with Crippen molar-refractivity contribution in [2.75, 3.05) is 55.3 Å². The van der Waals surface area contributed by atoms with E-state index in [9.17, 15) is 18.0 Å². The molecule has 0 spiro atoms. The maximum Gasteiger partial charge on any atom is 0.389 e. The maximum absolute atomic E-state index is 12.8. The first-order chi connectivity index (χ1) is 18.1. The number of benzene rings is 1. The monoisotopic (exact) mass is 529 g/mol. The summed E-state index contributed by atoms with van der Waals surface area (Å²) in [5, 5.41) is 2.86. The number of carbonyl (C=O) groups excluding carboxylic acids is 1. The summed E-state index contributed by atoms with van der Waals surface area (Å²) in [4.78, 5) is 28.4. The first-order valence-corrected chi connectivity index (χ1v) is 12.5. The van der Waals surface area contributed by atoms with Crippen LogP contribution in [-0.2, 0) is 4.74 Å². The molecule has 202 valence electrons. The fraction of sp³-hybridized carbons (Fsp3) is 0.423. The Morgan fingerprint density at radius 2 is 2.00 bits per heavy atom. The van der Waals surface area contributed by atoms with Gasteiger partial charge in [-0.1, -0.05) is 6.07 Å². The molecule has 2 aliphatic rings. The zero-order valence-corrected chi connectivity index (χ0v) is 21.0. The second-order valence-corrected chi connectivity index (χ2v) is 9.76. The lowest BCUT2D eigenvalue weighted by Crippen LogP contribution is -2.36. The van der Waals surface area contributed by atoms with Gasteiger partial charge in [-0.2, -0.15) is 13.2 Å². The van der Waals surface area contributed by atoms with Crippen LogP contribution in [0.5, 0.6) is 0 Å². The first kappa shape index (κ1) is 25.8. The van der Waals surface area contributed by atoms with E-state index in [0.29, 0.717) is 62.3 Å². The van der Waals surface area contributed by atoms with Crippen molar-refractivity contribution in [3.8, 4) is 22.5 Å². The van der Waals surface area contributed by atoms with E-state index in [1.54, 1.807) is 12.3 Å². The third kappa shape index (κ3) is 6.01. The lowest BCUT2D eigenvalue weighted by atomic mass is 9.99. The quantitative estimate of drug-likeness (QED) is 0.443. The first-order valence-electron chi connectivity index (χ1n) is 12.5. The molecule has 4 heterocycles. The molecule has 2 aromatic heterocycles. The van der Waals surface area contributed by atoms with Crippen LogP contribution in [-0.4, -0.2) is 71.5 Å². The van der Waals surface area contributed by atoms with Gasteiger partial charge in [-0.3, -0.25) is 0 Å². The van der Waals surface area contributed by atoms with Crippen molar-refractivity contribution in [1.82, 2.24) is 19.9 Å². The predicted octanol–water partition coefficient (Wildman–Crippen LogP) is 4.67. The lowest BCUT2D eigenvalue weighted by Gasteiger charge is -2.28. The molecule has 0 bridgehead atoms. The van der Waals surface area contributed by atoms with Crippen LogP contribution < -0.4 is 16.0 Å². The SMILES string of the molecule is Cc1ccc(NC(=O)N2CC[C@@H](CC(F)(F)F)C2)cc1-c1cc(-c2cnc(N)[nH]2)nc(N2CCOCC2)c1. The number of nitrogen functional groups attached to an aromatic ring is 1. The number of hydrogen-bond donors (Lipinski definition) is 3. The number of carbonyl (C=O) groups is 1. The molecule has 0 radical (unpaired) electrons. The minimum absolute atomic E-state index is 0.0913. The molecule has 9 nitrogen and oxygen atoms in total. The van der Waals surface area contributed by atoms with Crippen LogP contribution in [0.2, 0.25) is 0 Å². The topological polar surface area (TPSA) is 112 Å². The molecule has 0 aliphatic carbocycles.